The molecule has 0 radical (unpaired) electrons. The number of carbonyl (C=O) groups excluding carboxylic acids is 2. The Bertz CT molecular complexity index is 989. The summed E-state index contributed by atoms with van der Waals surface area (Å²) in [4.78, 5) is 32.8. The highest BCUT2D eigenvalue weighted by Crippen LogP contribution is 2.39. The highest BCUT2D eigenvalue weighted by atomic mass is 32.2. The van der Waals surface area contributed by atoms with Crippen LogP contribution in [0.15, 0.2) is 41.7 Å². The van der Waals surface area contributed by atoms with Crippen LogP contribution in [0.3, 0.4) is 0 Å². The largest absolute Gasteiger partial charge is 0.351 e. The number of hydrogen-bond acceptors (Lipinski definition) is 6. The quantitative estimate of drug-likeness (QED) is 0.498. The van der Waals surface area contributed by atoms with Crippen LogP contribution in [0.1, 0.15) is 13.8 Å². The zero-order chi connectivity index (χ0) is 19.6. The summed E-state index contributed by atoms with van der Waals surface area (Å²) < 4.78 is 14.0. The second kappa shape index (κ2) is 8.01. The molecule has 3 aromatic rings. The fourth-order valence-electron chi connectivity index (χ4n) is 2.48. The Morgan fingerprint density at radius 1 is 1.22 bits per heavy atom. The summed E-state index contributed by atoms with van der Waals surface area (Å²) in [5.74, 6) is -0.795. The van der Waals surface area contributed by atoms with Crippen molar-refractivity contribution in [3.05, 3.63) is 42.5 Å². The predicted octanol–water partition coefficient (Wildman–Crippen LogP) is 3.81. The molecule has 0 fully saturated rings. The van der Waals surface area contributed by atoms with E-state index in [1.165, 1.54) is 41.6 Å². The molecule has 0 spiro atoms. The number of thioether (sulfide) groups is 1. The molecular weight excluding hydrogens is 387 g/mol. The van der Waals surface area contributed by atoms with E-state index >= 15 is 0 Å². The number of benzene rings is 1. The number of nitrogens with two attached hydrogens (primary N) is 1. The molecule has 0 unspecified atom stereocenters. The van der Waals surface area contributed by atoms with Crippen molar-refractivity contribution < 1.29 is 14.0 Å². The minimum atomic E-state index is -0.881. The summed E-state index contributed by atoms with van der Waals surface area (Å²) in [6.45, 7) is 3.77. The number of carbonyl (C=O) groups is 2. The number of nitrogens with one attached hydrogen (secondary N) is 1. The van der Waals surface area contributed by atoms with Crippen LogP contribution >= 0.6 is 23.1 Å². The van der Waals surface area contributed by atoms with Gasteiger partial charge in [0.1, 0.15) is 17.2 Å². The van der Waals surface area contributed by atoms with Gasteiger partial charge in [0.15, 0.2) is 0 Å². The third kappa shape index (κ3) is 4.42. The van der Waals surface area contributed by atoms with E-state index in [-0.39, 0.29) is 11.7 Å². The zero-order valence-corrected chi connectivity index (χ0v) is 16.2. The van der Waals surface area contributed by atoms with Gasteiger partial charge in [0.05, 0.1) is 15.5 Å². The molecule has 0 bridgehead atoms. The number of aromatic nitrogens is 2. The highest BCUT2D eigenvalue weighted by Gasteiger charge is 2.26. The maximum absolute atomic E-state index is 13.2. The van der Waals surface area contributed by atoms with Crippen LogP contribution in [-0.4, -0.2) is 27.2 Å². The molecule has 0 saturated carbocycles. The molecule has 0 aliphatic carbocycles. The lowest BCUT2D eigenvalue weighted by molar-refractivity contribution is -0.120. The van der Waals surface area contributed by atoms with Crippen LogP contribution in [-0.2, 0) is 4.79 Å². The highest BCUT2D eigenvalue weighted by molar-refractivity contribution is 8.00. The van der Waals surface area contributed by atoms with Crippen molar-refractivity contribution >= 4 is 45.3 Å². The van der Waals surface area contributed by atoms with Crippen LogP contribution < -0.4 is 11.1 Å². The summed E-state index contributed by atoms with van der Waals surface area (Å²) in [5.41, 5.74) is 6.69. The second-order valence-electron chi connectivity index (χ2n) is 6.15. The van der Waals surface area contributed by atoms with Gasteiger partial charge in [0, 0.05) is 4.88 Å². The van der Waals surface area contributed by atoms with Crippen LogP contribution in [0, 0.1) is 11.7 Å². The number of imide groups is 1. The molecule has 27 heavy (non-hydrogen) atoms. The monoisotopic (exact) mass is 404 g/mol. The van der Waals surface area contributed by atoms with Gasteiger partial charge in [0.25, 0.3) is 0 Å². The van der Waals surface area contributed by atoms with E-state index in [2.05, 4.69) is 15.3 Å². The molecule has 2 heterocycles. The molecule has 2 aromatic heterocycles. The van der Waals surface area contributed by atoms with Crippen molar-refractivity contribution in [2.45, 2.75) is 24.1 Å². The third-order valence-electron chi connectivity index (χ3n) is 3.76. The van der Waals surface area contributed by atoms with Gasteiger partial charge in [-0.1, -0.05) is 37.7 Å². The number of fused-ring (bicyclic) bond motifs is 1. The summed E-state index contributed by atoms with van der Waals surface area (Å²) in [6.07, 6.45) is 1.44. The number of urea groups is 1. The van der Waals surface area contributed by atoms with Crippen LogP contribution in [0.25, 0.3) is 20.7 Å². The lowest BCUT2D eigenvalue weighted by Crippen LogP contribution is -2.42. The molecule has 1 aromatic carbocycles. The van der Waals surface area contributed by atoms with E-state index in [4.69, 9.17) is 5.73 Å². The van der Waals surface area contributed by atoms with Gasteiger partial charge in [-0.2, -0.15) is 0 Å². The first-order valence-corrected chi connectivity index (χ1v) is 9.82. The van der Waals surface area contributed by atoms with E-state index < -0.39 is 17.2 Å². The molecule has 1 atom stereocenters. The Hall–Kier alpha value is -2.52. The number of nitrogens with zero attached hydrogens (tertiary/aromatic N) is 2. The third-order valence-corrected chi connectivity index (χ3v) is 6.61. The maximum atomic E-state index is 13.2. The molecule has 0 saturated heterocycles. The lowest BCUT2D eigenvalue weighted by atomic mass is 10.1. The SMILES string of the molecule is CC(C)[C@H](Sc1ncnc2cc(-c3ccc(F)cc3)sc12)C(=O)NC(N)=O. The molecule has 3 amide bonds. The minimum Gasteiger partial charge on any atom is -0.351 e. The number of amides is 3. The Morgan fingerprint density at radius 3 is 2.56 bits per heavy atom. The van der Waals surface area contributed by atoms with E-state index in [0.29, 0.717) is 5.03 Å². The van der Waals surface area contributed by atoms with Gasteiger partial charge in [-0.3, -0.25) is 10.1 Å². The fourth-order valence-corrected chi connectivity index (χ4v) is 4.75. The van der Waals surface area contributed by atoms with Crippen LogP contribution in [0.2, 0.25) is 0 Å². The van der Waals surface area contributed by atoms with Crippen molar-refractivity contribution in [1.82, 2.24) is 15.3 Å². The van der Waals surface area contributed by atoms with Gasteiger partial charge in [-0.15, -0.1) is 11.3 Å². The molecule has 3 N–H and O–H groups in total. The van der Waals surface area contributed by atoms with Crippen molar-refractivity contribution in [3.63, 3.8) is 0 Å². The Kier molecular flexibility index (Phi) is 5.71. The van der Waals surface area contributed by atoms with Gasteiger partial charge in [-0.25, -0.2) is 19.2 Å². The number of halogens is 1. The Morgan fingerprint density at radius 2 is 1.93 bits per heavy atom. The molecule has 0 aliphatic heterocycles. The molecule has 6 nitrogen and oxygen atoms in total. The Labute approximate surface area is 163 Å². The van der Waals surface area contributed by atoms with Gasteiger partial charge < -0.3 is 5.73 Å². The van der Waals surface area contributed by atoms with Crippen LogP contribution in [0.4, 0.5) is 9.18 Å². The fraction of sp³-hybridized carbons (Fsp3) is 0.222. The van der Waals surface area contributed by atoms with Gasteiger partial charge >= 0.3 is 6.03 Å². The first kappa shape index (κ1) is 19.2. The van der Waals surface area contributed by atoms with E-state index in [0.717, 1.165) is 20.7 Å². The second-order valence-corrected chi connectivity index (χ2v) is 8.33. The minimum absolute atomic E-state index is 0.0455. The molecule has 0 aliphatic rings. The van der Waals surface area contributed by atoms with Gasteiger partial charge in [-0.05, 0) is 29.7 Å². The zero-order valence-electron chi connectivity index (χ0n) is 14.6. The first-order chi connectivity index (χ1) is 12.8. The molecule has 140 valence electrons. The normalized spacial score (nSPS) is 12.3. The molecular formula is C18H17FN4O2S2. The molecule has 9 heteroatoms. The summed E-state index contributed by atoms with van der Waals surface area (Å²) in [6, 6.07) is 7.25. The van der Waals surface area contributed by atoms with E-state index in [1.807, 2.05) is 19.9 Å². The summed E-state index contributed by atoms with van der Waals surface area (Å²) in [5, 5.41) is 2.25. The smallest absolute Gasteiger partial charge is 0.318 e. The number of rotatable bonds is 5. The summed E-state index contributed by atoms with van der Waals surface area (Å²) >= 11 is 2.74. The van der Waals surface area contributed by atoms with Gasteiger partial charge in [0.2, 0.25) is 5.91 Å². The van der Waals surface area contributed by atoms with Crippen molar-refractivity contribution in [3.8, 4) is 10.4 Å². The van der Waals surface area contributed by atoms with E-state index in [1.54, 1.807) is 12.1 Å². The number of thiophene rings is 1. The number of hydrogen-bond donors (Lipinski definition) is 2. The lowest BCUT2D eigenvalue weighted by Gasteiger charge is -2.18. The maximum Gasteiger partial charge on any atom is 0.318 e. The van der Waals surface area contributed by atoms with Crippen molar-refractivity contribution in [2.75, 3.05) is 0 Å². The number of primary amides is 1. The Balaban J connectivity index is 1.95. The van der Waals surface area contributed by atoms with E-state index in [9.17, 15) is 14.0 Å². The summed E-state index contributed by atoms with van der Waals surface area (Å²) in [7, 11) is 0. The van der Waals surface area contributed by atoms with Crippen molar-refractivity contribution in [2.24, 2.45) is 11.7 Å². The topological polar surface area (TPSA) is 98.0 Å². The van der Waals surface area contributed by atoms with Crippen molar-refractivity contribution in [1.29, 1.82) is 0 Å². The average molecular weight is 404 g/mol. The standard InChI is InChI=1S/C18H17FN4O2S2/c1-9(2)14(16(24)23-18(20)25)27-17-15-12(21-8-22-17)7-13(26-15)10-3-5-11(19)6-4-10/h3-9,14H,1-2H3,(H3,20,23,24,25)/t14-/m0/s1. The average Bonchev–Trinajstić information content (AvgIpc) is 3.04. The molecule has 3 rings (SSSR count). The first-order valence-electron chi connectivity index (χ1n) is 8.12. The van der Waals surface area contributed by atoms with Crippen LogP contribution in [0.5, 0.6) is 0 Å². The predicted molar refractivity (Wildman–Crippen MR) is 105 cm³/mol.